The molecule has 0 saturated carbocycles. The standard InChI is InChI=1S/C20H12O4/c1-2-15-17(12-6-4-3-5-7-12)11-14-10-13(19(21)22)8-9-16(14)18(15)20(23)24/h1,3-11H,(H,21,22)(H,23,24). The maximum Gasteiger partial charge on any atom is 0.337 e. The largest absolute Gasteiger partial charge is 0.478 e. The molecule has 0 atom stereocenters. The normalized spacial score (nSPS) is 10.3. The van der Waals surface area contributed by atoms with Crippen LogP contribution < -0.4 is 0 Å². The highest BCUT2D eigenvalue weighted by atomic mass is 16.4. The number of hydrogen-bond acceptors (Lipinski definition) is 2. The van der Waals surface area contributed by atoms with Crippen molar-refractivity contribution in [2.45, 2.75) is 0 Å². The van der Waals surface area contributed by atoms with Crippen LogP contribution in [0, 0.1) is 12.3 Å². The predicted molar refractivity (Wildman–Crippen MR) is 91.2 cm³/mol. The van der Waals surface area contributed by atoms with E-state index in [1.54, 1.807) is 6.07 Å². The van der Waals surface area contributed by atoms with Gasteiger partial charge in [-0.3, -0.25) is 0 Å². The summed E-state index contributed by atoms with van der Waals surface area (Å²) in [5.41, 5.74) is 1.74. The quantitative estimate of drug-likeness (QED) is 0.719. The van der Waals surface area contributed by atoms with Gasteiger partial charge in [0.15, 0.2) is 0 Å². The fourth-order valence-electron chi connectivity index (χ4n) is 2.76. The molecule has 0 aliphatic rings. The van der Waals surface area contributed by atoms with Crippen LogP contribution in [0.4, 0.5) is 0 Å². The Bertz CT molecular complexity index is 1010. The van der Waals surface area contributed by atoms with Crippen LogP contribution in [0.25, 0.3) is 21.9 Å². The third-order valence-corrected chi connectivity index (χ3v) is 3.83. The summed E-state index contributed by atoms with van der Waals surface area (Å²) in [6.45, 7) is 0. The van der Waals surface area contributed by atoms with Crippen LogP contribution in [0.5, 0.6) is 0 Å². The number of carboxylic acids is 2. The summed E-state index contributed by atoms with van der Waals surface area (Å²) in [5.74, 6) is 0.259. The number of aromatic carboxylic acids is 2. The molecule has 0 heterocycles. The molecule has 0 saturated heterocycles. The molecule has 0 radical (unpaired) electrons. The summed E-state index contributed by atoms with van der Waals surface area (Å²) < 4.78 is 0. The van der Waals surface area contributed by atoms with E-state index in [9.17, 15) is 14.7 Å². The molecule has 0 bridgehead atoms. The molecule has 0 unspecified atom stereocenters. The topological polar surface area (TPSA) is 74.6 Å². The Labute approximate surface area is 138 Å². The van der Waals surface area contributed by atoms with Crippen molar-refractivity contribution < 1.29 is 19.8 Å². The number of benzene rings is 3. The van der Waals surface area contributed by atoms with Gasteiger partial charge in [-0.2, -0.15) is 0 Å². The fraction of sp³-hybridized carbons (Fsp3) is 0. The Balaban J connectivity index is 2.45. The van der Waals surface area contributed by atoms with Crippen molar-refractivity contribution in [3.63, 3.8) is 0 Å². The van der Waals surface area contributed by atoms with Crippen molar-refractivity contribution in [3.05, 3.63) is 71.3 Å². The Morgan fingerprint density at radius 2 is 1.62 bits per heavy atom. The maximum atomic E-state index is 11.8. The summed E-state index contributed by atoms with van der Waals surface area (Å²) in [5, 5.41) is 19.7. The van der Waals surface area contributed by atoms with Crippen molar-refractivity contribution >= 4 is 22.7 Å². The number of terminal acetylenes is 1. The van der Waals surface area contributed by atoms with Crippen LogP contribution in [-0.4, -0.2) is 22.2 Å². The molecule has 0 fully saturated rings. The van der Waals surface area contributed by atoms with Gasteiger partial charge in [0.2, 0.25) is 0 Å². The molecule has 0 aromatic heterocycles. The van der Waals surface area contributed by atoms with Gasteiger partial charge in [-0.25, -0.2) is 9.59 Å². The van der Waals surface area contributed by atoms with E-state index in [2.05, 4.69) is 5.92 Å². The first-order valence-electron chi connectivity index (χ1n) is 7.12. The highest BCUT2D eigenvalue weighted by Gasteiger charge is 2.19. The number of rotatable bonds is 3. The minimum absolute atomic E-state index is 0.00536. The number of hydrogen-bond donors (Lipinski definition) is 2. The second-order valence-electron chi connectivity index (χ2n) is 5.23. The summed E-state index contributed by atoms with van der Waals surface area (Å²) in [4.78, 5) is 23.0. The van der Waals surface area contributed by atoms with Crippen LogP contribution in [0.15, 0.2) is 54.6 Å². The van der Waals surface area contributed by atoms with Crippen LogP contribution in [-0.2, 0) is 0 Å². The molecule has 116 valence electrons. The summed E-state index contributed by atoms with van der Waals surface area (Å²) in [7, 11) is 0. The van der Waals surface area contributed by atoms with Gasteiger partial charge < -0.3 is 10.2 Å². The van der Waals surface area contributed by atoms with Crippen LogP contribution in [0.1, 0.15) is 26.3 Å². The van der Waals surface area contributed by atoms with Gasteiger partial charge >= 0.3 is 11.9 Å². The molecule has 3 rings (SSSR count). The predicted octanol–water partition coefficient (Wildman–Crippen LogP) is 3.88. The van der Waals surface area contributed by atoms with Gasteiger partial charge in [0, 0.05) is 5.56 Å². The molecule has 3 aromatic rings. The Hall–Kier alpha value is -3.58. The highest BCUT2D eigenvalue weighted by Crippen LogP contribution is 2.33. The van der Waals surface area contributed by atoms with Crippen molar-refractivity contribution in [1.82, 2.24) is 0 Å². The third-order valence-electron chi connectivity index (χ3n) is 3.83. The van der Waals surface area contributed by atoms with Crippen LogP contribution in [0.3, 0.4) is 0 Å². The fourth-order valence-corrected chi connectivity index (χ4v) is 2.76. The average molecular weight is 316 g/mol. The zero-order chi connectivity index (χ0) is 17.3. The lowest BCUT2D eigenvalue weighted by Crippen LogP contribution is -2.04. The molecule has 3 aromatic carbocycles. The van der Waals surface area contributed by atoms with E-state index in [0.717, 1.165) is 5.56 Å². The zero-order valence-corrected chi connectivity index (χ0v) is 12.5. The monoisotopic (exact) mass is 316 g/mol. The lowest BCUT2D eigenvalue weighted by Gasteiger charge is -2.13. The zero-order valence-electron chi connectivity index (χ0n) is 12.5. The van der Waals surface area contributed by atoms with Crippen molar-refractivity contribution in [2.75, 3.05) is 0 Å². The van der Waals surface area contributed by atoms with E-state index in [1.165, 1.54) is 18.2 Å². The number of fused-ring (bicyclic) bond motifs is 1. The number of carboxylic acid groups (broad SMARTS) is 2. The van der Waals surface area contributed by atoms with E-state index in [1.807, 2.05) is 30.3 Å². The van der Waals surface area contributed by atoms with Crippen molar-refractivity contribution in [2.24, 2.45) is 0 Å². The van der Waals surface area contributed by atoms with Gasteiger partial charge in [-0.05, 0) is 40.1 Å². The Morgan fingerprint density at radius 3 is 2.21 bits per heavy atom. The number of carbonyl (C=O) groups is 2. The van der Waals surface area contributed by atoms with Gasteiger partial charge in [0.1, 0.15) is 0 Å². The van der Waals surface area contributed by atoms with Gasteiger partial charge in [-0.1, -0.05) is 42.3 Å². The van der Waals surface area contributed by atoms with E-state index in [0.29, 0.717) is 16.3 Å². The molecule has 2 N–H and O–H groups in total. The first kappa shape index (κ1) is 15.3. The minimum Gasteiger partial charge on any atom is -0.478 e. The molecule has 0 amide bonds. The minimum atomic E-state index is -1.14. The summed E-state index contributed by atoms with van der Waals surface area (Å²) in [6.07, 6.45) is 5.59. The van der Waals surface area contributed by atoms with Crippen LogP contribution in [0.2, 0.25) is 0 Å². The molecule has 0 aliphatic carbocycles. The first-order chi connectivity index (χ1) is 11.5. The lowest BCUT2D eigenvalue weighted by atomic mass is 9.90. The molecule has 24 heavy (non-hydrogen) atoms. The van der Waals surface area contributed by atoms with Gasteiger partial charge in [0.25, 0.3) is 0 Å². The smallest absolute Gasteiger partial charge is 0.337 e. The third kappa shape index (κ3) is 2.49. The molecular formula is C20H12O4. The second kappa shape index (κ2) is 5.90. The summed E-state index contributed by atoms with van der Waals surface area (Å²) in [6, 6.07) is 15.2. The summed E-state index contributed by atoms with van der Waals surface area (Å²) >= 11 is 0. The SMILES string of the molecule is C#Cc1c(-c2ccccc2)cc2cc(C(=O)O)ccc2c1C(=O)O. The molecule has 4 nitrogen and oxygen atoms in total. The van der Waals surface area contributed by atoms with Gasteiger partial charge in [0.05, 0.1) is 11.1 Å². The van der Waals surface area contributed by atoms with Crippen molar-refractivity contribution in [1.29, 1.82) is 0 Å². The second-order valence-corrected chi connectivity index (χ2v) is 5.23. The molecular weight excluding hydrogens is 304 g/mol. The van der Waals surface area contributed by atoms with E-state index in [4.69, 9.17) is 11.5 Å². The molecule has 0 aliphatic heterocycles. The highest BCUT2D eigenvalue weighted by molar-refractivity contribution is 6.10. The first-order valence-corrected chi connectivity index (χ1v) is 7.12. The Kier molecular flexibility index (Phi) is 3.77. The molecule has 4 heteroatoms. The molecule has 0 spiro atoms. The average Bonchev–Trinajstić information content (AvgIpc) is 2.59. The van der Waals surface area contributed by atoms with E-state index < -0.39 is 11.9 Å². The lowest BCUT2D eigenvalue weighted by molar-refractivity contribution is 0.0688. The van der Waals surface area contributed by atoms with Crippen molar-refractivity contribution in [3.8, 4) is 23.5 Å². The van der Waals surface area contributed by atoms with Crippen LogP contribution >= 0.6 is 0 Å². The Morgan fingerprint density at radius 1 is 0.917 bits per heavy atom. The van der Waals surface area contributed by atoms with Gasteiger partial charge in [-0.15, -0.1) is 6.42 Å². The maximum absolute atomic E-state index is 11.8. The van der Waals surface area contributed by atoms with E-state index >= 15 is 0 Å². The van der Waals surface area contributed by atoms with E-state index in [-0.39, 0.29) is 16.7 Å².